The molecule has 10 heteroatoms. The lowest BCUT2D eigenvalue weighted by Gasteiger charge is -2.28. The number of phosphoric ester groups is 1. The Morgan fingerprint density at radius 2 is 0.588 bits per heavy atom. The van der Waals surface area contributed by atoms with Crippen LogP contribution in [0.25, 0.3) is 0 Å². The molecule has 0 aromatic heterocycles. The first kappa shape index (κ1) is 93.4. The topological polar surface area (TPSA) is 111 Å². The summed E-state index contributed by atoms with van der Waals surface area (Å²) in [6.45, 7) is 4.13. The molecule has 9 nitrogen and oxygen atoms in total. The predicted octanol–water partition coefficient (Wildman–Crippen LogP) is 26.7. The molecule has 97 heavy (non-hydrogen) atoms. The first-order valence-corrected chi connectivity index (χ1v) is 42.2. The number of unbranched alkanes of at least 4 members (excludes halogenated alkanes) is 41. The number of likely N-dealkylation sites (N-methyl/N-ethyl adjacent to an activating group) is 1. The van der Waals surface area contributed by atoms with E-state index in [1.807, 2.05) is 21.1 Å². The smallest absolute Gasteiger partial charge is 0.306 e. The number of phosphoric acid groups is 1. The summed E-state index contributed by atoms with van der Waals surface area (Å²) in [6.07, 6.45) is 111. The number of esters is 2. The first-order valence-electron chi connectivity index (χ1n) is 40.7. The Labute approximate surface area is 600 Å². The second kappa shape index (κ2) is 76.6. The number of carbonyl (C=O) groups excluding carboxylic acids is 2. The molecule has 560 valence electrons. The van der Waals surface area contributed by atoms with Gasteiger partial charge in [0.25, 0.3) is 7.82 Å². The summed E-state index contributed by atoms with van der Waals surface area (Å²) >= 11 is 0. The van der Waals surface area contributed by atoms with Crippen molar-refractivity contribution in [3.05, 3.63) is 122 Å². The normalized spacial score (nSPS) is 13.7. The van der Waals surface area contributed by atoms with E-state index >= 15 is 0 Å². The summed E-state index contributed by atoms with van der Waals surface area (Å²) in [7, 11) is 1.15. The molecule has 0 aliphatic rings. The number of rotatable bonds is 75. The third-order valence-electron chi connectivity index (χ3n) is 17.7. The molecular weight excluding hydrogens is 1220 g/mol. The van der Waals surface area contributed by atoms with Gasteiger partial charge in [0, 0.05) is 12.8 Å². The Morgan fingerprint density at radius 1 is 0.330 bits per heavy atom. The molecule has 0 aliphatic heterocycles. The number of hydrogen-bond acceptors (Lipinski definition) is 8. The van der Waals surface area contributed by atoms with E-state index < -0.39 is 26.5 Å². The van der Waals surface area contributed by atoms with Crippen molar-refractivity contribution in [3.63, 3.8) is 0 Å². The summed E-state index contributed by atoms with van der Waals surface area (Å²) < 4.78 is 34.4. The van der Waals surface area contributed by atoms with Gasteiger partial charge in [-0.3, -0.25) is 14.2 Å². The minimum atomic E-state index is -4.66. The van der Waals surface area contributed by atoms with Crippen LogP contribution in [-0.2, 0) is 32.7 Å². The minimum absolute atomic E-state index is 0.0407. The molecule has 0 fully saturated rings. The van der Waals surface area contributed by atoms with E-state index in [1.54, 1.807) is 0 Å². The second-order valence-corrected chi connectivity index (χ2v) is 29.8. The zero-order valence-corrected chi connectivity index (χ0v) is 64.9. The molecule has 0 saturated carbocycles. The fourth-order valence-corrected chi connectivity index (χ4v) is 12.3. The third-order valence-corrected chi connectivity index (χ3v) is 18.7. The molecule has 0 saturated heterocycles. The number of quaternary nitrogens is 1. The molecule has 0 aliphatic carbocycles. The van der Waals surface area contributed by atoms with Crippen molar-refractivity contribution >= 4 is 19.8 Å². The van der Waals surface area contributed by atoms with E-state index in [0.717, 1.165) is 109 Å². The van der Waals surface area contributed by atoms with E-state index in [9.17, 15) is 19.0 Å². The monoisotopic (exact) mass is 1370 g/mol. The van der Waals surface area contributed by atoms with Crippen LogP contribution in [0, 0.1) is 0 Å². The largest absolute Gasteiger partial charge is 0.756 e. The van der Waals surface area contributed by atoms with Gasteiger partial charge >= 0.3 is 11.9 Å². The van der Waals surface area contributed by atoms with Crippen LogP contribution < -0.4 is 4.89 Å². The zero-order chi connectivity index (χ0) is 70.4. The Balaban J connectivity index is 4.02. The van der Waals surface area contributed by atoms with Crippen LogP contribution in [0.15, 0.2) is 122 Å². The Morgan fingerprint density at radius 3 is 0.876 bits per heavy atom. The highest BCUT2D eigenvalue weighted by Gasteiger charge is 2.22. The fraction of sp³-hybridized carbons (Fsp3) is 0.747. The van der Waals surface area contributed by atoms with Crippen LogP contribution in [0.4, 0.5) is 0 Å². The van der Waals surface area contributed by atoms with Crippen LogP contribution in [0.3, 0.4) is 0 Å². The molecule has 2 atom stereocenters. The van der Waals surface area contributed by atoms with Crippen LogP contribution in [0.2, 0.25) is 0 Å². The zero-order valence-electron chi connectivity index (χ0n) is 64.0. The van der Waals surface area contributed by atoms with E-state index in [0.29, 0.717) is 17.4 Å². The van der Waals surface area contributed by atoms with Gasteiger partial charge in [-0.2, -0.15) is 0 Å². The summed E-state index contributed by atoms with van der Waals surface area (Å²) in [4.78, 5) is 38.2. The summed E-state index contributed by atoms with van der Waals surface area (Å²) in [5.41, 5.74) is 0. The molecular formula is C87H154NO8P. The van der Waals surface area contributed by atoms with Crippen molar-refractivity contribution in [3.8, 4) is 0 Å². The SMILES string of the molecule is CC/C=C\C/C=C\C/C=C\C/C=C\C/C=C\C/C=C\C/C=C\C/C=C\C/C=C\C/C=C\CCCCCCC(=O)OC(COC(=O)CCCCCCCCCCCCCCCCCCCCCCCCCCCCCCCCCCCCCCCC)COP(=O)([O-])OCC[N+](C)(C)C. The molecule has 0 aromatic carbocycles. The standard InChI is InChI=1S/C87H154NO8P/c1-6-8-10-12-14-16-18-20-22-24-26-28-30-32-34-36-38-40-42-43-44-46-47-49-51-53-55-57-59-61-63-65-67-69-71-73-75-77-79-86(89)93-83-85(84-95-97(91,92)94-82-81-88(3,4)5)96-87(90)80-78-76-74-72-70-68-66-64-62-60-58-56-54-52-50-48-45-41-39-37-35-33-31-29-27-25-23-21-19-17-15-13-11-9-7-2/h9,11,15,17,21,23,27,29,33,35,39,41,48,50,54,56,60,62,66,68,85H,6-8,10,12-14,16,18-20,22,24-26,28,30-32,34,36-38,40,42-47,49,51-53,55,57-59,61,63-65,67,69-84H2,1-5H3/b11-9-,17-15-,23-21-,29-27-,35-33-,41-39-,50-48-,56-54-,62-60-,68-66-. The highest BCUT2D eigenvalue weighted by molar-refractivity contribution is 7.45. The highest BCUT2D eigenvalue weighted by atomic mass is 31.2. The van der Waals surface area contributed by atoms with Gasteiger partial charge < -0.3 is 27.9 Å². The van der Waals surface area contributed by atoms with Gasteiger partial charge in [0.1, 0.15) is 19.8 Å². The molecule has 0 amide bonds. The van der Waals surface area contributed by atoms with Crippen molar-refractivity contribution in [2.75, 3.05) is 47.5 Å². The van der Waals surface area contributed by atoms with Gasteiger partial charge in [0.05, 0.1) is 27.7 Å². The molecule has 0 rings (SSSR count). The lowest BCUT2D eigenvalue weighted by molar-refractivity contribution is -0.870. The third kappa shape index (κ3) is 81.3. The number of hydrogen-bond donors (Lipinski definition) is 0. The van der Waals surface area contributed by atoms with Crippen LogP contribution in [0.1, 0.15) is 367 Å². The average Bonchev–Trinajstić information content (AvgIpc) is 1.69. The van der Waals surface area contributed by atoms with Crippen LogP contribution in [0.5, 0.6) is 0 Å². The Hall–Kier alpha value is -3.59. The van der Waals surface area contributed by atoms with Crippen molar-refractivity contribution in [1.29, 1.82) is 0 Å². The van der Waals surface area contributed by atoms with Gasteiger partial charge in [-0.05, 0) is 89.9 Å². The van der Waals surface area contributed by atoms with Crippen molar-refractivity contribution in [1.82, 2.24) is 0 Å². The Kier molecular flexibility index (Phi) is 73.8. The van der Waals surface area contributed by atoms with Crippen LogP contribution >= 0.6 is 7.82 Å². The summed E-state index contributed by atoms with van der Waals surface area (Å²) in [5.74, 6) is -0.856. The molecule has 0 aromatic rings. The molecule has 0 bridgehead atoms. The van der Waals surface area contributed by atoms with Crippen LogP contribution in [-0.4, -0.2) is 70.0 Å². The van der Waals surface area contributed by atoms with E-state index in [-0.39, 0.29) is 32.0 Å². The van der Waals surface area contributed by atoms with Gasteiger partial charge in [-0.15, -0.1) is 0 Å². The van der Waals surface area contributed by atoms with E-state index in [2.05, 4.69) is 135 Å². The number of nitrogens with zero attached hydrogens (tertiary/aromatic N) is 1. The van der Waals surface area contributed by atoms with Gasteiger partial charge in [0.15, 0.2) is 6.10 Å². The predicted molar refractivity (Wildman–Crippen MR) is 420 cm³/mol. The summed E-state index contributed by atoms with van der Waals surface area (Å²) in [5, 5.41) is 0. The number of ether oxygens (including phenoxy) is 2. The van der Waals surface area contributed by atoms with E-state index in [4.69, 9.17) is 18.5 Å². The maximum Gasteiger partial charge on any atom is 0.306 e. The van der Waals surface area contributed by atoms with Crippen molar-refractivity contribution < 1.29 is 42.1 Å². The van der Waals surface area contributed by atoms with E-state index in [1.165, 1.54) is 225 Å². The second-order valence-electron chi connectivity index (χ2n) is 28.4. The first-order chi connectivity index (χ1) is 47.5. The minimum Gasteiger partial charge on any atom is -0.756 e. The van der Waals surface area contributed by atoms with Crippen molar-refractivity contribution in [2.45, 2.75) is 373 Å². The molecule has 2 unspecified atom stereocenters. The fourth-order valence-electron chi connectivity index (χ4n) is 11.6. The lowest BCUT2D eigenvalue weighted by atomic mass is 10.0. The van der Waals surface area contributed by atoms with Gasteiger partial charge in [-0.25, -0.2) is 0 Å². The molecule has 0 N–H and O–H groups in total. The molecule has 0 spiro atoms. The molecule has 0 radical (unpaired) electrons. The molecule has 0 heterocycles. The Bertz CT molecular complexity index is 2060. The highest BCUT2D eigenvalue weighted by Crippen LogP contribution is 2.38. The van der Waals surface area contributed by atoms with Gasteiger partial charge in [-0.1, -0.05) is 386 Å². The number of allylic oxidation sites excluding steroid dienone is 20. The number of carbonyl (C=O) groups is 2. The quantitative estimate of drug-likeness (QED) is 0.0195. The van der Waals surface area contributed by atoms with Gasteiger partial charge in [0.2, 0.25) is 0 Å². The maximum atomic E-state index is 12.9. The average molecular weight is 1370 g/mol. The lowest BCUT2D eigenvalue weighted by Crippen LogP contribution is -2.37. The van der Waals surface area contributed by atoms with Crippen molar-refractivity contribution in [2.24, 2.45) is 0 Å². The maximum absolute atomic E-state index is 12.9. The summed E-state index contributed by atoms with van der Waals surface area (Å²) in [6, 6.07) is 0.